The van der Waals surface area contributed by atoms with E-state index in [1.165, 1.54) is 0 Å². The van der Waals surface area contributed by atoms with Crippen molar-refractivity contribution < 1.29 is 8.78 Å². The molecule has 0 unspecified atom stereocenters. The van der Waals surface area contributed by atoms with Gasteiger partial charge in [-0.3, -0.25) is 0 Å². The van der Waals surface area contributed by atoms with Crippen molar-refractivity contribution in [2.45, 2.75) is 4.90 Å². The van der Waals surface area contributed by atoms with E-state index < -0.39 is 11.6 Å². The van der Waals surface area contributed by atoms with E-state index in [-0.39, 0.29) is 10.5 Å². The van der Waals surface area contributed by atoms with E-state index in [1.807, 2.05) is 0 Å². The standard InChI is InChI=1S/C7H3F2NS/c8-5-1-4(3-10)7(11)2-6(5)9/h1-2,11H. The zero-order valence-electron chi connectivity index (χ0n) is 5.31. The average Bonchev–Trinajstić information content (AvgIpc) is 1.97. The molecule has 0 amide bonds. The normalized spacial score (nSPS) is 9.27. The average molecular weight is 171 g/mol. The van der Waals surface area contributed by atoms with Crippen molar-refractivity contribution in [3.05, 3.63) is 29.3 Å². The first-order chi connectivity index (χ1) is 5.15. The fourth-order valence-electron chi connectivity index (χ4n) is 0.626. The Morgan fingerprint density at radius 2 is 1.82 bits per heavy atom. The first-order valence-electron chi connectivity index (χ1n) is 2.73. The van der Waals surface area contributed by atoms with Gasteiger partial charge in [0.05, 0.1) is 5.56 Å². The number of benzene rings is 1. The van der Waals surface area contributed by atoms with Gasteiger partial charge in [0.2, 0.25) is 0 Å². The molecular weight excluding hydrogens is 168 g/mol. The molecule has 0 atom stereocenters. The minimum Gasteiger partial charge on any atom is -0.204 e. The van der Waals surface area contributed by atoms with Gasteiger partial charge in [0, 0.05) is 4.90 Å². The van der Waals surface area contributed by atoms with Crippen LogP contribution < -0.4 is 0 Å². The van der Waals surface area contributed by atoms with Gasteiger partial charge in [0.15, 0.2) is 11.6 Å². The molecule has 0 saturated heterocycles. The van der Waals surface area contributed by atoms with Crippen molar-refractivity contribution in [1.82, 2.24) is 0 Å². The molecule has 1 aromatic carbocycles. The van der Waals surface area contributed by atoms with Crippen molar-refractivity contribution in [1.29, 1.82) is 5.26 Å². The summed E-state index contributed by atoms with van der Waals surface area (Å²) in [6.07, 6.45) is 0. The summed E-state index contributed by atoms with van der Waals surface area (Å²) < 4.78 is 24.7. The molecule has 1 aromatic rings. The zero-order chi connectivity index (χ0) is 8.43. The number of nitriles is 1. The highest BCUT2D eigenvalue weighted by Crippen LogP contribution is 2.16. The first kappa shape index (κ1) is 8.02. The van der Waals surface area contributed by atoms with E-state index in [1.54, 1.807) is 6.07 Å². The summed E-state index contributed by atoms with van der Waals surface area (Å²) in [5.74, 6) is -2.02. The highest BCUT2D eigenvalue weighted by Gasteiger charge is 2.05. The van der Waals surface area contributed by atoms with Gasteiger partial charge >= 0.3 is 0 Å². The summed E-state index contributed by atoms with van der Waals surface area (Å²) in [7, 11) is 0. The summed E-state index contributed by atoms with van der Waals surface area (Å²) in [5.41, 5.74) is 0.0345. The monoisotopic (exact) mass is 171 g/mol. The largest absolute Gasteiger partial charge is 0.204 e. The Morgan fingerprint density at radius 3 is 2.36 bits per heavy atom. The van der Waals surface area contributed by atoms with E-state index in [4.69, 9.17) is 5.26 Å². The van der Waals surface area contributed by atoms with Crippen LogP contribution in [0.5, 0.6) is 0 Å². The Bertz CT molecular complexity index is 330. The molecule has 0 aliphatic heterocycles. The van der Waals surface area contributed by atoms with Crippen LogP contribution in [-0.4, -0.2) is 0 Å². The molecule has 0 aliphatic carbocycles. The predicted molar refractivity (Wildman–Crippen MR) is 38.3 cm³/mol. The maximum Gasteiger partial charge on any atom is 0.160 e. The Morgan fingerprint density at radius 1 is 1.27 bits per heavy atom. The lowest BCUT2D eigenvalue weighted by molar-refractivity contribution is 0.505. The van der Waals surface area contributed by atoms with E-state index in [0.717, 1.165) is 12.1 Å². The molecule has 0 radical (unpaired) electrons. The molecule has 4 heteroatoms. The molecular formula is C7H3F2NS. The molecule has 0 aliphatic rings. The molecule has 0 saturated carbocycles. The van der Waals surface area contributed by atoms with E-state index in [0.29, 0.717) is 0 Å². The minimum absolute atomic E-state index is 0.0345. The fourth-order valence-corrected chi connectivity index (χ4v) is 0.854. The maximum atomic E-state index is 12.4. The van der Waals surface area contributed by atoms with Crippen molar-refractivity contribution in [2.75, 3.05) is 0 Å². The second-order valence-electron chi connectivity index (χ2n) is 1.90. The molecule has 0 fully saturated rings. The Hall–Kier alpha value is -1.08. The van der Waals surface area contributed by atoms with Crippen LogP contribution in [0, 0.1) is 23.0 Å². The lowest BCUT2D eigenvalue weighted by atomic mass is 10.2. The second-order valence-corrected chi connectivity index (χ2v) is 2.38. The first-order valence-corrected chi connectivity index (χ1v) is 3.18. The molecule has 0 heterocycles. The molecule has 0 bridgehead atoms. The van der Waals surface area contributed by atoms with Crippen LogP contribution in [0.3, 0.4) is 0 Å². The second kappa shape index (κ2) is 2.89. The number of hydrogen-bond acceptors (Lipinski definition) is 2. The summed E-state index contributed by atoms with van der Waals surface area (Å²) in [6.45, 7) is 0. The highest BCUT2D eigenvalue weighted by molar-refractivity contribution is 7.80. The van der Waals surface area contributed by atoms with Gasteiger partial charge in [-0.05, 0) is 12.1 Å². The van der Waals surface area contributed by atoms with Crippen LogP contribution in [0.25, 0.3) is 0 Å². The molecule has 1 nitrogen and oxygen atoms in total. The molecule has 0 spiro atoms. The molecule has 11 heavy (non-hydrogen) atoms. The molecule has 1 rings (SSSR count). The lowest BCUT2D eigenvalue weighted by Crippen LogP contribution is -1.87. The zero-order valence-corrected chi connectivity index (χ0v) is 6.20. The Labute approximate surface area is 67.7 Å². The van der Waals surface area contributed by atoms with Crippen molar-refractivity contribution in [3.8, 4) is 6.07 Å². The van der Waals surface area contributed by atoms with Gasteiger partial charge in [-0.15, -0.1) is 12.6 Å². The highest BCUT2D eigenvalue weighted by atomic mass is 32.1. The van der Waals surface area contributed by atoms with Crippen molar-refractivity contribution in [3.63, 3.8) is 0 Å². The number of nitrogens with zero attached hydrogens (tertiary/aromatic N) is 1. The van der Waals surface area contributed by atoms with Crippen molar-refractivity contribution >= 4 is 12.6 Å². The molecule has 0 N–H and O–H groups in total. The summed E-state index contributed by atoms with van der Waals surface area (Å²) in [6, 6.07) is 3.37. The van der Waals surface area contributed by atoms with Gasteiger partial charge in [0.1, 0.15) is 6.07 Å². The number of rotatable bonds is 0. The Balaban J connectivity index is 3.35. The smallest absolute Gasteiger partial charge is 0.160 e. The number of hydrogen-bond donors (Lipinski definition) is 1. The Kier molecular flexibility index (Phi) is 2.11. The van der Waals surface area contributed by atoms with Gasteiger partial charge < -0.3 is 0 Å². The van der Waals surface area contributed by atoms with E-state index in [9.17, 15) is 8.78 Å². The predicted octanol–water partition coefficient (Wildman–Crippen LogP) is 2.13. The summed E-state index contributed by atoms with van der Waals surface area (Å²) in [4.78, 5) is 0.145. The SMILES string of the molecule is N#Cc1cc(F)c(F)cc1S. The van der Waals surface area contributed by atoms with Crippen LogP contribution in [0.2, 0.25) is 0 Å². The molecule has 0 aromatic heterocycles. The van der Waals surface area contributed by atoms with Gasteiger partial charge in [0.25, 0.3) is 0 Å². The minimum atomic E-state index is -1.03. The van der Waals surface area contributed by atoms with Crippen molar-refractivity contribution in [2.24, 2.45) is 0 Å². The third-order valence-electron chi connectivity index (χ3n) is 1.16. The van der Waals surface area contributed by atoms with Crippen LogP contribution >= 0.6 is 12.6 Å². The maximum absolute atomic E-state index is 12.4. The van der Waals surface area contributed by atoms with Gasteiger partial charge in [-0.2, -0.15) is 5.26 Å². The quantitative estimate of drug-likeness (QED) is 0.594. The summed E-state index contributed by atoms with van der Waals surface area (Å²) in [5, 5.41) is 8.35. The summed E-state index contributed by atoms with van der Waals surface area (Å²) >= 11 is 3.77. The molecule has 56 valence electrons. The van der Waals surface area contributed by atoms with Gasteiger partial charge in [-0.25, -0.2) is 8.78 Å². The van der Waals surface area contributed by atoms with Crippen LogP contribution in [-0.2, 0) is 0 Å². The third kappa shape index (κ3) is 1.49. The van der Waals surface area contributed by atoms with E-state index in [2.05, 4.69) is 12.6 Å². The fraction of sp³-hybridized carbons (Fsp3) is 0. The third-order valence-corrected chi connectivity index (χ3v) is 1.53. The van der Waals surface area contributed by atoms with Crippen LogP contribution in [0.1, 0.15) is 5.56 Å². The lowest BCUT2D eigenvalue weighted by Gasteiger charge is -1.96. The van der Waals surface area contributed by atoms with Crippen LogP contribution in [0.4, 0.5) is 8.78 Å². The van der Waals surface area contributed by atoms with Crippen LogP contribution in [0.15, 0.2) is 17.0 Å². The van der Waals surface area contributed by atoms with E-state index >= 15 is 0 Å². The topological polar surface area (TPSA) is 23.8 Å². The number of halogens is 2. The number of thiol groups is 1. The van der Waals surface area contributed by atoms with Gasteiger partial charge in [-0.1, -0.05) is 0 Å².